The van der Waals surface area contributed by atoms with Gasteiger partial charge in [-0.15, -0.1) is 0 Å². The second-order valence-electron chi connectivity index (χ2n) is 6.18. The summed E-state index contributed by atoms with van der Waals surface area (Å²) in [6, 6.07) is 13.9. The Morgan fingerprint density at radius 3 is 2.48 bits per heavy atom. The number of halogens is 1. The highest BCUT2D eigenvalue weighted by molar-refractivity contribution is 7.89. The Morgan fingerprint density at radius 2 is 1.85 bits per heavy atom. The maximum Gasteiger partial charge on any atom is 0.240 e. The topological polar surface area (TPSA) is 73.5 Å². The third-order valence-corrected chi connectivity index (χ3v) is 6.22. The van der Waals surface area contributed by atoms with E-state index in [1.54, 1.807) is 0 Å². The van der Waals surface area contributed by atoms with E-state index in [-0.39, 0.29) is 11.1 Å². The summed E-state index contributed by atoms with van der Waals surface area (Å²) in [4.78, 5) is 1.90. The Hall–Kier alpha value is -2.07. The smallest absolute Gasteiger partial charge is 0.240 e. The summed E-state index contributed by atoms with van der Waals surface area (Å²) in [6.07, 6.45) is 0.0950. The average Bonchev–Trinajstić information content (AvgIpc) is 3.03. The third-order valence-electron chi connectivity index (χ3n) is 4.37. The molecule has 144 valence electrons. The summed E-state index contributed by atoms with van der Waals surface area (Å²) in [7, 11) is -3.84. The average molecular weight is 409 g/mol. The van der Waals surface area contributed by atoms with E-state index in [1.807, 2.05) is 42.2 Å². The number of sulfonamides is 1. The Labute approximate surface area is 163 Å². The van der Waals surface area contributed by atoms with Crippen LogP contribution in [0.4, 0.5) is 4.39 Å². The van der Waals surface area contributed by atoms with Crippen LogP contribution in [-0.2, 0) is 16.4 Å². The molecule has 2 aromatic rings. The van der Waals surface area contributed by atoms with Gasteiger partial charge in [-0.25, -0.2) is 23.0 Å². The summed E-state index contributed by atoms with van der Waals surface area (Å²) in [5.41, 5.74) is 6.94. The number of likely N-dealkylation sites (N-methyl/N-ethyl adjacent to an activating group) is 1. The van der Waals surface area contributed by atoms with Crippen LogP contribution in [0.5, 0.6) is 0 Å². The second-order valence-corrected chi connectivity index (χ2v) is 8.28. The molecule has 27 heavy (non-hydrogen) atoms. The van der Waals surface area contributed by atoms with Crippen molar-refractivity contribution in [2.45, 2.75) is 30.4 Å². The summed E-state index contributed by atoms with van der Waals surface area (Å²) < 4.78 is 41.6. The van der Waals surface area contributed by atoms with Crippen LogP contribution in [0.1, 0.15) is 12.5 Å². The van der Waals surface area contributed by atoms with Gasteiger partial charge in [0.15, 0.2) is 5.11 Å². The lowest BCUT2D eigenvalue weighted by Crippen LogP contribution is -2.55. The first-order valence-corrected chi connectivity index (χ1v) is 10.4. The first-order valence-electron chi connectivity index (χ1n) is 8.54. The molecule has 1 aliphatic heterocycles. The van der Waals surface area contributed by atoms with Gasteiger partial charge in [-0.1, -0.05) is 30.3 Å². The molecule has 0 spiro atoms. The van der Waals surface area contributed by atoms with Gasteiger partial charge in [0, 0.05) is 6.54 Å². The van der Waals surface area contributed by atoms with Crippen LogP contribution in [-0.4, -0.2) is 37.2 Å². The van der Waals surface area contributed by atoms with Crippen LogP contribution in [0.3, 0.4) is 0 Å². The van der Waals surface area contributed by atoms with Crippen molar-refractivity contribution >= 4 is 27.4 Å². The molecular formula is C18H21FN4O2S2. The van der Waals surface area contributed by atoms with Crippen LogP contribution in [0.2, 0.25) is 0 Å². The van der Waals surface area contributed by atoms with E-state index in [0.717, 1.165) is 17.7 Å². The molecule has 3 rings (SSSR count). The molecule has 1 fully saturated rings. The molecule has 6 nitrogen and oxygen atoms in total. The van der Waals surface area contributed by atoms with Crippen LogP contribution >= 0.6 is 12.2 Å². The highest BCUT2D eigenvalue weighted by Crippen LogP contribution is 2.17. The minimum absolute atomic E-state index is 0.0125. The molecule has 1 heterocycles. The normalized spacial score (nSPS) is 18.4. The second kappa shape index (κ2) is 8.30. The van der Waals surface area contributed by atoms with E-state index in [0.29, 0.717) is 18.1 Å². The number of hydrogen-bond donors (Lipinski definition) is 3. The Kier molecular flexibility index (Phi) is 6.05. The molecule has 0 amide bonds. The number of nitrogens with zero attached hydrogens (tertiary/aromatic N) is 1. The lowest BCUT2D eigenvalue weighted by molar-refractivity contribution is 0.260. The van der Waals surface area contributed by atoms with Gasteiger partial charge in [-0.2, -0.15) is 0 Å². The van der Waals surface area contributed by atoms with E-state index in [2.05, 4.69) is 15.6 Å². The lowest BCUT2D eigenvalue weighted by atomic mass is 10.0. The molecule has 1 saturated heterocycles. The molecule has 0 aromatic heterocycles. The van der Waals surface area contributed by atoms with Gasteiger partial charge in [0.05, 0.1) is 10.9 Å². The van der Waals surface area contributed by atoms with Gasteiger partial charge < -0.3 is 4.90 Å². The number of hydrogen-bond acceptors (Lipinski definition) is 4. The predicted molar refractivity (Wildman–Crippen MR) is 106 cm³/mol. The van der Waals surface area contributed by atoms with Crippen LogP contribution in [0, 0.1) is 5.82 Å². The van der Waals surface area contributed by atoms with Gasteiger partial charge in [-0.3, -0.25) is 5.43 Å². The summed E-state index contributed by atoms with van der Waals surface area (Å²) in [5.74, 6) is -0.487. The predicted octanol–water partition coefficient (Wildman–Crippen LogP) is 1.76. The number of thiocarbonyl (C=S) groups is 1. The fraction of sp³-hybridized carbons (Fsp3) is 0.278. The number of hydrazine groups is 1. The molecule has 0 aliphatic carbocycles. The van der Waals surface area contributed by atoms with E-state index < -0.39 is 21.9 Å². The van der Waals surface area contributed by atoms with Crippen molar-refractivity contribution in [2.75, 3.05) is 6.54 Å². The first-order chi connectivity index (χ1) is 12.9. The van der Waals surface area contributed by atoms with Crippen LogP contribution in [0.25, 0.3) is 0 Å². The molecule has 2 atom stereocenters. The summed E-state index contributed by atoms with van der Waals surface area (Å²) in [5, 5.41) is 0.515. The number of nitrogens with one attached hydrogen (secondary N) is 3. The SMILES string of the molecule is CCN1C(=S)NNC1C(Cc1ccccc1)NS(=O)(=O)c1ccc(F)cc1. The molecule has 0 saturated carbocycles. The van der Waals surface area contributed by atoms with E-state index in [9.17, 15) is 12.8 Å². The van der Waals surface area contributed by atoms with Crippen LogP contribution in [0.15, 0.2) is 59.5 Å². The van der Waals surface area contributed by atoms with Gasteiger partial charge in [-0.05, 0) is 55.4 Å². The van der Waals surface area contributed by atoms with E-state index in [4.69, 9.17) is 12.2 Å². The Bertz CT molecular complexity index is 891. The fourth-order valence-corrected chi connectivity index (χ4v) is 4.58. The van der Waals surface area contributed by atoms with Crippen molar-refractivity contribution < 1.29 is 12.8 Å². The van der Waals surface area contributed by atoms with Gasteiger partial charge >= 0.3 is 0 Å². The number of rotatable bonds is 7. The van der Waals surface area contributed by atoms with Gasteiger partial charge in [0.25, 0.3) is 0 Å². The van der Waals surface area contributed by atoms with Crippen molar-refractivity contribution in [1.29, 1.82) is 0 Å². The summed E-state index contributed by atoms with van der Waals surface area (Å²) in [6.45, 7) is 2.56. The molecule has 2 unspecified atom stereocenters. The standard InChI is InChI=1S/C18H21FN4O2S2/c1-2-23-17(20-21-18(23)26)16(12-13-6-4-3-5-7-13)22-27(24,25)15-10-8-14(19)9-11-15/h3-11,16-17,20,22H,2,12H2,1H3,(H,21,26). The quantitative estimate of drug-likeness (QED) is 0.607. The highest BCUT2D eigenvalue weighted by Gasteiger charge is 2.35. The van der Waals surface area contributed by atoms with Crippen molar-refractivity contribution in [3.05, 3.63) is 66.0 Å². The zero-order chi connectivity index (χ0) is 19.4. The molecule has 1 aliphatic rings. The third kappa shape index (κ3) is 4.62. The Morgan fingerprint density at radius 1 is 1.19 bits per heavy atom. The largest absolute Gasteiger partial charge is 0.330 e. The van der Waals surface area contributed by atoms with Crippen molar-refractivity contribution in [3.8, 4) is 0 Å². The maximum atomic E-state index is 13.2. The zero-order valence-electron chi connectivity index (χ0n) is 14.7. The first kappa shape index (κ1) is 19.7. The highest BCUT2D eigenvalue weighted by atomic mass is 32.2. The van der Waals surface area contributed by atoms with Gasteiger partial charge in [0.1, 0.15) is 12.0 Å². The lowest BCUT2D eigenvalue weighted by Gasteiger charge is -2.30. The molecular weight excluding hydrogens is 387 g/mol. The Balaban J connectivity index is 1.89. The zero-order valence-corrected chi connectivity index (χ0v) is 16.4. The monoisotopic (exact) mass is 408 g/mol. The fourth-order valence-electron chi connectivity index (χ4n) is 3.04. The van der Waals surface area contributed by atoms with E-state index in [1.165, 1.54) is 12.1 Å². The molecule has 2 aromatic carbocycles. The van der Waals surface area contributed by atoms with E-state index >= 15 is 0 Å². The number of benzene rings is 2. The van der Waals surface area contributed by atoms with Crippen LogP contribution < -0.4 is 15.6 Å². The maximum absolute atomic E-state index is 13.2. The van der Waals surface area contributed by atoms with Crippen molar-refractivity contribution in [3.63, 3.8) is 0 Å². The minimum atomic E-state index is -3.84. The molecule has 9 heteroatoms. The minimum Gasteiger partial charge on any atom is -0.330 e. The van der Waals surface area contributed by atoms with Gasteiger partial charge in [0.2, 0.25) is 10.0 Å². The molecule has 0 bridgehead atoms. The molecule has 3 N–H and O–H groups in total. The summed E-state index contributed by atoms with van der Waals surface area (Å²) >= 11 is 5.28. The molecule has 0 radical (unpaired) electrons. The van der Waals surface area contributed by atoms with Crippen molar-refractivity contribution in [1.82, 2.24) is 20.5 Å². The van der Waals surface area contributed by atoms with Crippen molar-refractivity contribution in [2.24, 2.45) is 0 Å².